The highest BCUT2D eigenvalue weighted by molar-refractivity contribution is 5.78. The molecule has 6 nitrogen and oxygen atoms in total. The number of aromatic nitrogens is 2. The van der Waals surface area contributed by atoms with Crippen LogP contribution in [-0.2, 0) is 18.4 Å². The lowest BCUT2D eigenvalue weighted by Crippen LogP contribution is -2.28. The van der Waals surface area contributed by atoms with E-state index >= 15 is 0 Å². The normalized spacial score (nSPS) is 10.6. The Morgan fingerprint density at radius 3 is 2.79 bits per heavy atom. The second-order valence-electron chi connectivity index (χ2n) is 5.39. The van der Waals surface area contributed by atoms with Crippen LogP contribution in [0.4, 0.5) is 0 Å². The van der Waals surface area contributed by atoms with E-state index in [9.17, 15) is 4.79 Å². The molecule has 24 heavy (non-hydrogen) atoms. The third-order valence-electron chi connectivity index (χ3n) is 3.71. The van der Waals surface area contributed by atoms with E-state index in [1.54, 1.807) is 25.6 Å². The highest BCUT2D eigenvalue weighted by atomic mass is 16.5. The molecule has 3 aromatic rings. The summed E-state index contributed by atoms with van der Waals surface area (Å²) >= 11 is 0. The van der Waals surface area contributed by atoms with Gasteiger partial charge in [-0.2, -0.15) is 0 Å². The first kappa shape index (κ1) is 15.9. The van der Waals surface area contributed by atoms with Gasteiger partial charge in [0.05, 0.1) is 24.5 Å². The van der Waals surface area contributed by atoms with Gasteiger partial charge < -0.3 is 19.4 Å². The summed E-state index contributed by atoms with van der Waals surface area (Å²) in [6, 6.07) is 13.2. The molecule has 6 heteroatoms. The molecule has 0 aliphatic rings. The molecule has 0 spiro atoms. The maximum atomic E-state index is 12.0. The highest BCUT2D eigenvalue weighted by Crippen LogP contribution is 2.25. The third kappa shape index (κ3) is 3.48. The third-order valence-corrected chi connectivity index (χ3v) is 3.71. The number of amides is 1. The molecule has 1 heterocycles. The lowest BCUT2D eigenvalue weighted by atomic mass is 10.2. The molecule has 0 unspecified atom stereocenters. The largest absolute Gasteiger partial charge is 0.493 e. The van der Waals surface area contributed by atoms with Gasteiger partial charge in [-0.3, -0.25) is 4.79 Å². The van der Waals surface area contributed by atoms with E-state index < -0.39 is 0 Å². The molecule has 0 bridgehead atoms. The van der Waals surface area contributed by atoms with Crippen LogP contribution in [-0.4, -0.2) is 29.2 Å². The standard InChI is InChI=1S/C18H19N3O3/c1-21-12-20-14-9-13(7-8-15(14)21)10-19-18(22)11-24-17-6-4-3-5-16(17)23-2/h3-9,12H,10-11H2,1-2H3,(H,19,22). The van der Waals surface area contributed by atoms with Crippen molar-refractivity contribution in [1.29, 1.82) is 0 Å². The van der Waals surface area contributed by atoms with Crippen LogP contribution in [0, 0.1) is 0 Å². The predicted octanol–water partition coefficient (Wildman–Crippen LogP) is 2.28. The molecule has 3 rings (SSSR count). The maximum Gasteiger partial charge on any atom is 0.258 e. The molecule has 0 aliphatic carbocycles. The van der Waals surface area contributed by atoms with Crippen LogP contribution < -0.4 is 14.8 Å². The molecular formula is C18H19N3O3. The number of carbonyl (C=O) groups excluding carboxylic acids is 1. The number of imidazole rings is 1. The monoisotopic (exact) mass is 325 g/mol. The predicted molar refractivity (Wildman–Crippen MR) is 91.0 cm³/mol. The Hall–Kier alpha value is -3.02. The summed E-state index contributed by atoms with van der Waals surface area (Å²) in [5.74, 6) is 0.956. The molecule has 2 aromatic carbocycles. The van der Waals surface area contributed by atoms with Crippen LogP contribution in [0.5, 0.6) is 11.5 Å². The van der Waals surface area contributed by atoms with Gasteiger partial charge in [-0.05, 0) is 29.8 Å². The molecule has 0 atom stereocenters. The summed E-state index contributed by atoms with van der Waals surface area (Å²) in [6.07, 6.45) is 1.77. The van der Waals surface area contributed by atoms with Gasteiger partial charge in [0.25, 0.3) is 5.91 Å². The number of para-hydroxylation sites is 2. The van der Waals surface area contributed by atoms with Crippen molar-refractivity contribution in [3.05, 3.63) is 54.4 Å². The first-order chi connectivity index (χ1) is 11.7. The number of carbonyl (C=O) groups is 1. The zero-order valence-electron chi connectivity index (χ0n) is 13.7. The molecular weight excluding hydrogens is 306 g/mol. The highest BCUT2D eigenvalue weighted by Gasteiger charge is 2.07. The van der Waals surface area contributed by atoms with E-state index in [0.29, 0.717) is 18.0 Å². The fraction of sp³-hybridized carbons (Fsp3) is 0.222. The topological polar surface area (TPSA) is 65.4 Å². The van der Waals surface area contributed by atoms with Crippen molar-refractivity contribution in [2.45, 2.75) is 6.54 Å². The minimum atomic E-state index is -0.193. The van der Waals surface area contributed by atoms with Crippen LogP contribution in [0.1, 0.15) is 5.56 Å². The zero-order valence-corrected chi connectivity index (χ0v) is 13.7. The van der Waals surface area contributed by atoms with Crippen LogP contribution in [0.25, 0.3) is 11.0 Å². The number of aryl methyl sites for hydroxylation is 1. The minimum absolute atomic E-state index is 0.0633. The lowest BCUT2D eigenvalue weighted by molar-refractivity contribution is -0.123. The van der Waals surface area contributed by atoms with E-state index in [4.69, 9.17) is 9.47 Å². The Morgan fingerprint density at radius 2 is 2.00 bits per heavy atom. The zero-order chi connectivity index (χ0) is 16.9. The first-order valence-electron chi connectivity index (χ1n) is 7.60. The van der Waals surface area contributed by atoms with Crippen molar-refractivity contribution in [2.75, 3.05) is 13.7 Å². The van der Waals surface area contributed by atoms with Crippen LogP contribution in [0.2, 0.25) is 0 Å². The molecule has 0 fully saturated rings. The van der Waals surface area contributed by atoms with Gasteiger partial charge in [0.15, 0.2) is 18.1 Å². The van der Waals surface area contributed by atoms with E-state index in [2.05, 4.69) is 10.3 Å². The maximum absolute atomic E-state index is 12.0. The van der Waals surface area contributed by atoms with Gasteiger partial charge in [0, 0.05) is 13.6 Å². The quantitative estimate of drug-likeness (QED) is 0.755. The fourth-order valence-corrected chi connectivity index (χ4v) is 2.42. The van der Waals surface area contributed by atoms with Crippen LogP contribution in [0.3, 0.4) is 0 Å². The number of rotatable bonds is 6. The lowest BCUT2D eigenvalue weighted by Gasteiger charge is -2.10. The van der Waals surface area contributed by atoms with Crippen LogP contribution in [0.15, 0.2) is 48.8 Å². The van der Waals surface area contributed by atoms with Crippen molar-refractivity contribution in [1.82, 2.24) is 14.9 Å². The number of benzene rings is 2. The average molecular weight is 325 g/mol. The van der Waals surface area contributed by atoms with Gasteiger partial charge in [-0.25, -0.2) is 4.98 Å². The van der Waals surface area contributed by atoms with Gasteiger partial charge in [0.1, 0.15) is 0 Å². The molecule has 0 radical (unpaired) electrons. The number of fused-ring (bicyclic) bond motifs is 1. The number of nitrogens with zero attached hydrogens (tertiary/aromatic N) is 2. The SMILES string of the molecule is COc1ccccc1OCC(=O)NCc1ccc2c(c1)ncn2C. The molecule has 1 amide bonds. The Morgan fingerprint density at radius 1 is 1.21 bits per heavy atom. The van der Waals surface area contributed by atoms with Crippen molar-refractivity contribution >= 4 is 16.9 Å². The van der Waals surface area contributed by atoms with E-state index in [1.165, 1.54) is 0 Å². The van der Waals surface area contributed by atoms with Crippen molar-refractivity contribution < 1.29 is 14.3 Å². The van der Waals surface area contributed by atoms with Crippen LogP contribution >= 0.6 is 0 Å². The van der Waals surface area contributed by atoms with E-state index in [1.807, 2.05) is 41.9 Å². The number of ether oxygens (including phenoxy) is 2. The Bertz CT molecular complexity index is 858. The average Bonchev–Trinajstić information content (AvgIpc) is 2.99. The molecule has 0 saturated carbocycles. The van der Waals surface area contributed by atoms with Crippen molar-refractivity contribution in [2.24, 2.45) is 7.05 Å². The van der Waals surface area contributed by atoms with Gasteiger partial charge in [-0.15, -0.1) is 0 Å². The second-order valence-corrected chi connectivity index (χ2v) is 5.39. The van der Waals surface area contributed by atoms with E-state index in [-0.39, 0.29) is 12.5 Å². The molecule has 1 N–H and O–H groups in total. The molecule has 0 aliphatic heterocycles. The van der Waals surface area contributed by atoms with Gasteiger partial charge >= 0.3 is 0 Å². The fourth-order valence-electron chi connectivity index (χ4n) is 2.42. The molecule has 0 saturated heterocycles. The summed E-state index contributed by atoms with van der Waals surface area (Å²) in [7, 11) is 3.52. The number of methoxy groups -OCH3 is 1. The molecule has 1 aromatic heterocycles. The van der Waals surface area contributed by atoms with Crippen molar-refractivity contribution in [3.63, 3.8) is 0 Å². The second kappa shape index (κ2) is 7.04. The van der Waals surface area contributed by atoms with Crippen molar-refractivity contribution in [3.8, 4) is 11.5 Å². The summed E-state index contributed by atoms with van der Waals surface area (Å²) in [4.78, 5) is 16.3. The molecule has 124 valence electrons. The minimum Gasteiger partial charge on any atom is -0.493 e. The summed E-state index contributed by atoms with van der Waals surface area (Å²) in [5, 5.41) is 2.84. The first-order valence-corrected chi connectivity index (χ1v) is 7.60. The summed E-state index contributed by atoms with van der Waals surface area (Å²) < 4.78 is 12.6. The summed E-state index contributed by atoms with van der Waals surface area (Å²) in [5.41, 5.74) is 2.96. The Labute approximate surface area is 140 Å². The van der Waals surface area contributed by atoms with Gasteiger partial charge in [-0.1, -0.05) is 18.2 Å². The number of hydrogen-bond acceptors (Lipinski definition) is 4. The smallest absolute Gasteiger partial charge is 0.258 e. The van der Waals surface area contributed by atoms with Gasteiger partial charge in [0.2, 0.25) is 0 Å². The van der Waals surface area contributed by atoms with E-state index in [0.717, 1.165) is 16.6 Å². The summed E-state index contributed by atoms with van der Waals surface area (Å²) in [6.45, 7) is 0.368. The Kier molecular flexibility index (Phi) is 4.65. The Balaban J connectivity index is 1.54. The number of hydrogen-bond donors (Lipinski definition) is 1. The number of nitrogens with one attached hydrogen (secondary N) is 1.